The topological polar surface area (TPSA) is 71.0 Å². The molecule has 1 N–H and O–H groups in total. The van der Waals surface area contributed by atoms with Crippen molar-refractivity contribution in [2.24, 2.45) is 0 Å². The molecule has 2 aromatic heterocycles. The first kappa shape index (κ1) is 18.5. The molecule has 0 aliphatic carbocycles. The minimum absolute atomic E-state index is 0.137. The van der Waals surface area contributed by atoms with E-state index in [1.165, 1.54) is 11.1 Å². The van der Waals surface area contributed by atoms with Gasteiger partial charge in [-0.3, -0.25) is 9.78 Å². The van der Waals surface area contributed by atoms with Gasteiger partial charge in [-0.1, -0.05) is 29.8 Å². The van der Waals surface area contributed by atoms with E-state index in [0.717, 1.165) is 12.0 Å². The van der Waals surface area contributed by atoms with Gasteiger partial charge in [0.1, 0.15) is 5.82 Å². The summed E-state index contributed by atoms with van der Waals surface area (Å²) in [5, 5.41) is 11.4. The lowest BCUT2D eigenvalue weighted by molar-refractivity contribution is 0.0789. The van der Waals surface area contributed by atoms with Crippen molar-refractivity contribution in [3.63, 3.8) is 0 Å². The Bertz CT molecular complexity index is 863. The molecule has 0 fully saturated rings. The first-order valence-corrected chi connectivity index (χ1v) is 8.89. The van der Waals surface area contributed by atoms with Gasteiger partial charge in [-0.25, -0.2) is 0 Å². The number of aryl methyl sites for hydroxylation is 1. The molecule has 3 aromatic rings. The largest absolute Gasteiger partial charge is 0.365 e. The third-order valence-electron chi connectivity index (χ3n) is 4.31. The van der Waals surface area contributed by atoms with Crippen molar-refractivity contribution in [2.45, 2.75) is 19.9 Å². The summed E-state index contributed by atoms with van der Waals surface area (Å²) in [6.45, 7) is 3.33. The van der Waals surface area contributed by atoms with Crippen molar-refractivity contribution in [1.29, 1.82) is 0 Å². The molecule has 0 spiro atoms. The van der Waals surface area contributed by atoms with Crippen molar-refractivity contribution >= 4 is 11.7 Å². The van der Waals surface area contributed by atoms with E-state index in [2.05, 4.69) is 51.7 Å². The fourth-order valence-electron chi connectivity index (χ4n) is 2.58. The van der Waals surface area contributed by atoms with Gasteiger partial charge in [0.15, 0.2) is 5.69 Å². The maximum absolute atomic E-state index is 12.5. The number of hydrogen-bond donors (Lipinski definition) is 1. The molecule has 27 heavy (non-hydrogen) atoms. The van der Waals surface area contributed by atoms with E-state index < -0.39 is 0 Å². The summed E-state index contributed by atoms with van der Waals surface area (Å²) in [7, 11) is 1.77. The van der Waals surface area contributed by atoms with Crippen LogP contribution in [0.2, 0.25) is 0 Å². The van der Waals surface area contributed by atoms with E-state index in [1.807, 2.05) is 12.1 Å². The first-order chi connectivity index (χ1) is 13.1. The van der Waals surface area contributed by atoms with Crippen LogP contribution in [0.4, 0.5) is 5.82 Å². The number of carbonyl (C=O) groups is 1. The SMILES string of the molecule is Cc1ccc(CNc2ccc(C(=O)N(C)CCc3ccncc3)nn2)cc1. The highest BCUT2D eigenvalue weighted by Gasteiger charge is 2.13. The minimum Gasteiger partial charge on any atom is -0.365 e. The summed E-state index contributed by atoms with van der Waals surface area (Å²) in [5.74, 6) is 0.508. The van der Waals surface area contributed by atoms with E-state index in [9.17, 15) is 4.79 Å². The molecule has 138 valence electrons. The summed E-state index contributed by atoms with van der Waals surface area (Å²) in [5.41, 5.74) is 3.88. The van der Waals surface area contributed by atoms with E-state index in [-0.39, 0.29) is 5.91 Å². The molecule has 2 heterocycles. The molecular weight excluding hydrogens is 338 g/mol. The van der Waals surface area contributed by atoms with Gasteiger partial charge in [-0.05, 0) is 48.7 Å². The quantitative estimate of drug-likeness (QED) is 0.700. The van der Waals surface area contributed by atoms with Crippen molar-refractivity contribution in [1.82, 2.24) is 20.1 Å². The molecule has 0 unspecified atom stereocenters. The van der Waals surface area contributed by atoms with Crippen molar-refractivity contribution in [3.05, 3.63) is 83.3 Å². The van der Waals surface area contributed by atoms with Crippen LogP contribution in [0.5, 0.6) is 0 Å². The maximum atomic E-state index is 12.5. The second-order valence-corrected chi connectivity index (χ2v) is 6.48. The van der Waals surface area contributed by atoms with Crippen LogP contribution >= 0.6 is 0 Å². The number of nitrogens with one attached hydrogen (secondary N) is 1. The van der Waals surface area contributed by atoms with Crippen LogP contribution in [-0.2, 0) is 13.0 Å². The van der Waals surface area contributed by atoms with Gasteiger partial charge in [0.05, 0.1) is 0 Å². The highest BCUT2D eigenvalue weighted by Crippen LogP contribution is 2.09. The molecule has 0 aliphatic heterocycles. The van der Waals surface area contributed by atoms with Gasteiger partial charge in [-0.15, -0.1) is 10.2 Å². The number of anilines is 1. The molecule has 0 saturated carbocycles. The normalized spacial score (nSPS) is 10.4. The number of rotatable bonds is 7. The molecule has 0 saturated heterocycles. The van der Waals surface area contributed by atoms with Crippen LogP contribution in [0, 0.1) is 6.92 Å². The third kappa shape index (κ3) is 5.34. The number of pyridine rings is 1. The van der Waals surface area contributed by atoms with Gasteiger partial charge in [0, 0.05) is 32.5 Å². The summed E-state index contributed by atoms with van der Waals surface area (Å²) in [4.78, 5) is 18.1. The molecule has 0 radical (unpaired) electrons. The smallest absolute Gasteiger partial charge is 0.274 e. The van der Waals surface area contributed by atoms with Gasteiger partial charge in [0.25, 0.3) is 5.91 Å². The van der Waals surface area contributed by atoms with Gasteiger partial charge < -0.3 is 10.2 Å². The second-order valence-electron chi connectivity index (χ2n) is 6.48. The van der Waals surface area contributed by atoms with E-state index in [4.69, 9.17) is 0 Å². The molecule has 1 aromatic carbocycles. The predicted molar refractivity (Wildman–Crippen MR) is 105 cm³/mol. The van der Waals surface area contributed by atoms with Crippen LogP contribution in [0.25, 0.3) is 0 Å². The summed E-state index contributed by atoms with van der Waals surface area (Å²) in [6, 6.07) is 15.7. The zero-order valence-electron chi connectivity index (χ0n) is 15.6. The maximum Gasteiger partial charge on any atom is 0.274 e. The lowest BCUT2D eigenvalue weighted by Crippen LogP contribution is -2.29. The van der Waals surface area contributed by atoms with Gasteiger partial charge >= 0.3 is 0 Å². The van der Waals surface area contributed by atoms with E-state index in [0.29, 0.717) is 24.6 Å². The predicted octanol–water partition coefficient (Wildman–Crippen LogP) is 3.11. The highest BCUT2D eigenvalue weighted by molar-refractivity contribution is 5.92. The minimum atomic E-state index is -0.137. The average Bonchev–Trinajstić information content (AvgIpc) is 2.72. The molecule has 6 nitrogen and oxygen atoms in total. The van der Waals surface area contributed by atoms with E-state index in [1.54, 1.807) is 36.5 Å². The standard InChI is InChI=1S/C21H23N5O/c1-16-3-5-18(6-4-16)15-23-20-8-7-19(24-25-20)21(27)26(2)14-11-17-9-12-22-13-10-17/h3-10,12-13H,11,14-15H2,1-2H3,(H,23,25). The van der Waals surface area contributed by atoms with Crippen LogP contribution < -0.4 is 5.32 Å². The zero-order valence-corrected chi connectivity index (χ0v) is 15.6. The Balaban J connectivity index is 1.52. The Kier molecular flexibility index (Phi) is 6.10. The van der Waals surface area contributed by atoms with Gasteiger partial charge in [-0.2, -0.15) is 0 Å². The number of amides is 1. The van der Waals surface area contributed by atoms with Crippen LogP contribution in [-0.4, -0.2) is 39.6 Å². The van der Waals surface area contributed by atoms with Crippen LogP contribution in [0.15, 0.2) is 60.9 Å². The number of hydrogen-bond acceptors (Lipinski definition) is 5. The van der Waals surface area contributed by atoms with Gasteiger partial charge in [0.2, 0.25) is 0 Å². The molecule has 0 bridgehead atoms. The van der Waals surface area contributed by atoms with Crippen molar-refractivity contribution in [3.8, 4) is 0 Å². The number of carbonyl (C=O) groups excluding carboxylic acids is 1. The summed E-state index contributed by atoms with van der Waals surface area (Å²) < 4.78 is 0. The Morgan fingerprint density at radius 1 is 0.963 bits per heavy atom. The Labute approximate surface area is 159 Å². The van der Waals surface area contributed by atoms with Crippen molar-refractivity contribution in [2.75, 3.05) is 18.9 Å². The molecule has 1 amide bonds. The summed E-state index contributed by atoms with van der Waals surface area (Å²) >= 11 is 0. The second kappa shape index (κ2) is 8.89. The number of benzene rings is 1. The number of likely N-dealkylation sites (N-methyl/N-ethyl adjacent to an activating group) is 1. The number of nitrogens with zero attached hydrogens (tertiary/aromatic N) is 4. The fraction of sp³-hybridized carbons (Fsp3) is 0.238. The lowest BCUT2D eigenvalue weighted by Gasteiger charge is -2.16. The molecule has 0 atom stereocenters. The summed E-state index contributed by atoms with van der Waals surface area (Å²) in [6.07, 6.45) is 4.28. The highest BCUT2D eigenvalue weighted by atomic mass is 16.2. The lowest BCUT2D eigenvalue weighted by atomic mass is 10.1. The molecule has 6 heteroatoms. The Morgan fingerprint density at radius 2 is 1.70 bits per heavy atom. The Hall–Kier alpha value is -3.28. The van der Waals surface area contributed by atoms with E-state index >= 15 is 0 Å². The molecule has 3 rings (SSSR count). The molecular formula is C21H23N5O. The number of aromatic nitrogens is 3. The van der Waals surface area contributed by atoms with Crippen LogP contribution in [0.1, 0.15) is 27.2 Å². The first-order valence-electron chi connectivity index (χ1n) is 8.89. The zero-order chi connectivity index (χ0) is 19.1. The fourth-order valence-corrected chi connectivity index (χ4v) is 2.58. The van der Waals surface area contributed by atoms with Crippen LogP contribution in [0.3, 0.4) is 0 Å². The monoisotopic (exact) mass is 361 g/mol. The van der Waals surface area contributed by atoms with Crippen molar-refractivity contribution < 1.29 is 4.79 Å². The third-order valence-corrected chi connectivity index (χ3v) is 4.31. The average molecular weight is 361 g/mol. The molecule has 0 aliphatic rings. The Morgan fingerprint density at radius 3 is 2.37 bits per heavy atom.